The number of aryl methyl sites for hydroxylation is 1. The van der Waals surface area contributed by atoms with Crippen LogP contribution in [0.25, 0.3) is 0 Å². The van der Waals surface area contributed by atoms with Crippen molar-refractivity contribution in [2.24, 2.45) is 0 Å². The fraction of sp³-hybridized carbons (Fsp3) is 0.0769. The maximum Gasteiger partial charge on any atom is 0.269 e. The maximum atomic E-state index is 12.0. The van der Waals surface area contributed by atoms with E-state index in [-0.39, 0.29) is 11.6 Å². The van der Waals surface area contributed by atoms with Crippen molar-refractivity contribution in [3.05, 3.63) is 62.9 Å². The van der Waals surface area contributed by atoms with Crippen molar-refractivity contribution in [2.75, 3.05) is 5.32 Å². The van der Waals surface area contributed by atoms with Gasteiger partial charge in [0.25, 0.3) is 11.6 Å². The smallest absolute Gasteiger partial charge is 0.269 e. The van der Waals surface area contributed by atoms with Gasteiger partial charge >= 0.3 is 0 Å². The van der Waals surface area contributed by atoms with Crippen molar-refractivity contribution < 1.29 is 9.72 Å². The van der Waals surface area contributed by atoms with E-state index in [4.69, 9.17) is 11.6 Å². The van der Waals surface area contributed by atoms with Crippen molar-refractivity contribution in [1.29, 1.82) is 0 Å². The van der Waals surface area contributed by atoms with Crippen LogP contribution in [0, 0.1) is 17.0 Å². The van der Waals surface area contributed by atoms with Gasteiger partial charge in [-0.15, -0.1) is 0 Å². The molecule has 0 bridgehead atoms. The quantitative estimate of drug-likeness (QED) is 0.534. The minimum Gasteiger partial charge on any atom is -0.320 e. The van der Waals surface area contributed by atoms with Gasteiger partial charge in [-0.3, -0.25) is 14.9 Å². The number of hydrogen-bond acceptors (Lipinski definition) is 4. The number of nitro benzene ring substituents is 1. The molecule has 0 fully saturated rings. The molecule has 0 radical (unpaired) electrons. The van der Waals surface area contributed by atoms with Crippen LogP contribution in [0.3, 0.4) is 0 Å². The highest BCUT2D eigenvalue weighted by Gasteiger charge is 2.11. The van der Waals surface area contributed by atoms with E-state index < -0.39 is 4.92 Å². The number of halogens is 1. The summed E-state index contributed by atoms with van der Waals surface area (Å²) >= 11 is 5.73. The number of anilines is 1. The summed E-state index contributed by atoms with van der Waals surface area (Å²) < 4.78 is 0. The number of rotatable bonds is 3. The van der Waals surface area contributed by atoms with Crippen molar-refractivity contribution in [2.45, 2.75) is 6.92 Å². The molecule has 6 nitrogen and oxygen atoms in total. The molecule has 1 N–H and O–H groups in total. The third-order valence-electron chi connectivity index (χ3n) is 2.64. The average molecular weight is 292 g/mol. The van der Waals surface area contributed by atoms with E-state index in [1.54, 1.807) is 19.1 Å². The summed E-state index contributed by atoms with van der Waals surface area (Å²) in [5, 5.41) is 13.5. The SMILES string of the molecule is Cc1nc(Cl)ccc1NC(=O)c1ccc([N+](=O)[O-])cc1. The van der Waals surface area contributed by atoms with Gasteiger partial charge in [0.05, 0.1) is 16.3 Å². The molecule has 0 saturated carbocycles. The lowest BCUT2D eigenvalue weighted by atomic mass is 10.2. The van der Waals surface area contributed by atoms with Crippen LogP contribution in [0.4, 0.5) is 11.4 Å². The maximum absolute atomic E-state index is 12.0. The molecule has 2 aromatic rings. The van der Waals surface area contributed by atoms with E-state index in [0.717, 1.165) is 0 Å². The summed E-state index contributed by atoms with van der Waals surface area (Å²) in [6, 6.07) is 8.57. The molecule has 2 rings (SSSR count). The Labute approximate surface area is 119 Å². The summed E-state index contributed by atoms with van der Waals surface area (Å²) in [4.78, 5) is 26.0. The van der Waals surface area contributed by atoms with E-state index in [9.17, 15) is 14.9 Å². The molecule has 0 aliphatic rings. The lowest BCUT2D eigenvalue weighted by Crippen LogP contribution is -2.13. The molecule has 0 unspecified atom stereocenters. The number of carbonyl (C=O) groups excluding carboxylic acids is 1. The lowest BCUT2D eigenvalue weighted by molar-refractivity contribution is -0.384. The van der Waals surface area contributed by atoms with Crippen molar-refractivity contribution in [1.82, 2.24) is 4.98 Å². The van der Waals surface area contributed by atoms with Gasteiger partial charge in [0.1, 0.15) is 5.15 Å². The Kier molecular flexibility index (Phi) is 3.95. The predicted octanol–water partition coefficient (Wildman–Crippen LogP) is 3.20. The molecule has 1 aromatic carbocycles. The Morgan fingerprint density at radius 3 is 2.45 bits per heavy atom. The first-order chi connectivity index (χ1) is 9.47. The largest absolute Gasteiger partial charge is 0.320 e. The molecule has 0 saturated heterocycles. The molecule has 0 aliphatic carbocycles. The molecule has 0 aliphatic heterocycles. The molecule has 1 heterocycles. The van der Waals surface area contributed by atoms with Crippen LogP contribution in [-0.4, -0.2) is 15.8 Å². The van der Waals surface area contributed by atoms with Gasteiger partial charge in [-0.05, 0) is 31.2 Å². The number of aromatic nitrogens is 1. The molecule has 7 heteroatoms. The van der Waals surface area contributed by atoms with E-state index in [1.165, 1.54) is 24.3 Å². The molecule has 1 aromatic heterocycles. The summed E-state index contributed by atoms with van der Waals surface area (Å²) in [6.07, 6.45) is 0. The number of pyridine rings is 1. The Bertz CT molecular complexity index is 671. The monoisotopic (exact) mass is 291 g/mol. The summed E-state index contributed by atoms with van der Waals surface area (Å²) in [5.74, 6) is -0.368. The third kappa shape index (κ3) is 3.10. The number of benzene rings is 1. The highest BCUT2D eigenvalue weighted by Crippen LogP contribution is 2.18. The third-order valence-corrected chi connectivity index (χ3v) is 2.85. The van der Waals surface area contributed by atoms with Crippen molar-refractivity contribution >= 4 is 28.9 Å². The minimum atomic E-state index is -0.519. The van der Waals surface area contributed by atoms with Gasteiger partial charge in [0.2, 0.25) is 0 Å². The van der Waals surface area contributed by atoms with Gasteiger partial charge in [-0.1, -0.05) is 11.6 Å². The van der Waals surface area contributed by atoms with Crippen molar-refractivity contribution in [3.8, 4) is 0 Å². The van der Waals surface area contributed by atoms with Gasteiger partial charge in [-0.25, -0.2) is 4.98 Å². The second kappa shape index (κ2) is 5.66. The highest BCUT2D eigenvalue weighted by molar-refractivity contribution is 6.29. The number of carbonyl (C=O) groups is 1. The fourth-order valence-electron chi connectivity index (χ4n) is 1.59. The number of non-ortho nitro benzene ring substituents is 1. The van der Waals surface area contributed by atoms with Crippen molar-refractivity contribution in [3.63, 3.8) is 0 Å². The number of nitrogens with zero attached hydrogens (tertiary/aromatic N) is 2. The van der Waals surface area contributed by atoms with Crippen LogP contribution in [0.1, 0.15) is 16.1 Å². The zero-order valence-electron chi connectivity index (χ0n) is 10.5. The zero-order chi connectivity index (χ0) is 14.7. The predicted molar refractivity (Wildman–Crippen MR) is 75.0 cm³/mol. The van der Waals surface area contributed by atoms with E-state index >= 15 is 0 Å². The normalized spacial score (nSPS) is 10.1. The molecule has 0 spiro atoms. The second-order valence-corrected chi connectivity index (χ2v) is 4.41. The van der Waals surface area contributed by atoms with Crippen LogP contribution in [0.15, 0.2) is 36.4 Å². The molecule has 20 heavy (non-hydrogen) atoms. The van der Waals surface area contributed by atoms with E-state index in [0.29, 0.717) is 22.1 Å². The number of nitro groups is 1. The Morgan fingerprint density at radius 2 is 1.90 bits per heavy atom. The first-order valence-electron chi connectivity index (χ1n) is 5.66. The fourth-order valence-corrected chi connectivity index (χ4v) is 1.78. The molecular weight excluding hydrogens is 282 g/mol. The molecular formula is C13H10ClN3O3. The first-order valence-corrected chi connectivity index (χ1v) is 6.04. The summed E-state index contributed by atoms with van der Waals surface area (Å²) in [6.45, 7) is 1.72. The number of amides is 1. The van der Waals surface area contributed by atoms with Crippen LogP contribution in [0.2, 0.25) is 5.15 Å². The summed E-state index contributed by atoms with van der Waals surface area (Å²) in [5.41, 5.74) is 1.39. The van der Waals surface area contributed by atoms with Gasteiger partial charge < -0.3 is 5.32 Å². The summed E-state index contributed by atoms with van der Waals surface area (Å²) in [7, 11) is 0. The Morgan fingerprint density at radius 1 is 1.25 bits per heavy atom. The van der Waals surface area contributed by atoms with Gasteiger partial charge in [0, 0.05) is 17.7 Å². The topological polar surface area (TPSA) is 85.1 Å². The van der Waals surface area contributed by atoms with E-state index in [2.05, 4.69) is 10.3 Å². The number of nitrogens with one attached hydrogen (secondary N) is 1. The minimum absolute atomic E-state index is 0.0640. The lowest BCUT2D eigenvalue weighted by Gasteiger charge is -2.07. The first kappa shape index (κ1) is 14.0. The molecule has 0 atom stereocenters. The Balaban J connectivity index is 2.17. The van der Waals surface area contributed by atoms with Gasteiger partial charge in [-0.2, -0.15) is 0 Å². The van der Waals surface area contributed by atoms with Crippen LogP contribution in [-0.2, 0) is 0 Å². The van der Waals surface area contributed by atoms with Crippen LogP contribution in [0.5, 0.6) is 0 Å². The average Bonchev–Trinajstić information content (AvgIpc) is 2.42. The second-order valence-electron chi connectivity index (χ2n) is 4.03. The van der Waals surface area contributed by atoms with Crippen LogP contribution >= 0.6 is 11.6 Å². The van der Waals surface area contributed by atoms with Crippen LogP contribution < -0.4 is 5.32 Å². The Hall–Kier alpha value is -2.47. The highest BCUT2D eigenvalue weighted by atomic mass is 35.5. The zero-order valence-corrected chi connectivity index (χ0v) is 11.2. The molecule has 102 valence electrons. The van der Waals surface area contributed by atoms with E-state index in [1.807, 2.05) is 0 Å². The standard InChI is InChI=1S/C13H10ClN3O3/c1-8-11(6-7-12(14)15-8)16-13(18)9-2-4-10(5-3-9)17(19)20/h2-7H,1H3,(H,16,18). The van der Waals surface area contributed by atoms with Gasteiger partial charge in [0.15, 0.2) is 0 Å². The molecule has 1 amide bonds. The number of hydrogen-bond donors (Lipinski definition) is 1.